The van der Waals surface area contributed by atoms with E-state index in [-0.39, 0.29) is 12.6 Å². The van der Waals surface area contributed by atoms with Crippen LogP contribution in [0.3, 0.4) is 0 Å². The summed E-state index contributed by atoms with van der Waals surface area (Å²) in [6.45, 7) is 4.35. The average Bonchev–Trinajstić information content (AvgIpc) is 2.49. The minimum Gasteiger partial charge on any atom is -0.462 e. The van der Waals surface area contributed by atoms with Gasteiger partial charge in [0.2, 0.25) is 0 Å². The first-order chi connectivity index (χ1) is 9.74. The van der Waals surface area contributed by atoms with Gasteiger partial charge in [0.1, 0.15) is 5.82 Å². The van der Waals surface area contributed by atoms with Crippen molar-refractivity contribution in [2.75, 3.05) is 31.2 Å². The summed E-state index contributed by atoms with van der Waals surface area (Å²) in [5, 5.41) is 8.96. The first kappa shape index (κ1) is 14.8. The van der Waals surface area contributed by atoms with E-state index in [1.165, 1.54) is 0 Å². The van der Waals surface area contributed by atoms with Crippen LogP contribution in [0.5, 0.6) is 0 Å². The number of pyridine rings is 1. The minimum absolute atomic E-state index is 0.275. The van der Waals surface area contributed by atoms with Crippen molar-refractivity contribution in [1.29, 1.82) is 0 Å². The highest BCUT2D eigenvalue weighted by atomic mass is 16.5. The fourth-order valence-electron chi connectivity index (χ4n) is 2.54. The van der Waals surface area contributed by atoms with Gasteiger partial charge < -0.3 is 14.7 Å². The Bertz CT molecular complexity index is 425. The summed E-state index contributed by atoms with van der Waals surface area (Å²) in [6, 6.07) is 3.64. The number of piperidine rings is 1. The summed E-state index contributed by atoms with van der Waals surface area (Å²) < 4.78 is 4.94. The summed E-state index contributed by atoms with van der Waals surface area (Å²) in [6.07, 6.45) is 4.64. The molecule has 0 spiro atoms. The third-order valence-corrected chi connectivity index (χ3v) is 3.73. The van der Waals surface area contributed by atoms with E-state index in [2.05, 4.69) is 9.88 Å². The molecule has 1 N–H and O–H groups in total. The van der Waals surface area contributed by atoms with Gasteiger partial charge in [0.25, 0.3) is 0 Å². The summed E-state index contributed by atoms with van der Waals surface area (Å²) >= 11 is 0. The number of anilines is 1. The van der Waals surface area contributed by atoms with Crippen LogP contribution >= 0.6 is 0 Å². The van der Waals surface area contributed by atoms with Gasteiger partial charge in [-0.2, -0.15) is 0 Å². The summed E-state index contributed by atoms with van der Waals surface area (Å²) in [5.74, 6) is 1.20. The quantitative estimate of drug-likeness (QED) is 0.833. The molecule has 1 aliphatic heterocycles. The fraction of sp³-hybridized carbons (Fsp3) is 0.600. The van der Waals surface area contributed by atoms with Gasteiger partial charge in [-0.25, -0.2) is 9.78 Å². The molecule has 1 aromatic heterocycles. The Kier molecular flexibility index (Phi) is 5.35. The lowest BCUT2D eigenvalue weighted by molar-refractivity contribution is 0.0526. The van der Waals surface area contributed by atoms with Gasteiger partial charge in [-0.1, -0.05) is 0 Å². The van der Waals surface area contributed by atoms with E-state index in [0.29, 0.717) is 18.1 Å². The van der Waals surface area contributed by atoms with Gasteiger partial charge in [0, 0.05) is 25.9 Å². The van der Waals surface area contributed by atoms with E-state index in [0.717, 1.165) is 38.2 Å². The molecule has 0 saturated carbocycles. The van der Waals surface area contributed by atoms with E-state index in [1.807, 2.05) is 6.07 Å². The third-order valence-electron chi connectivity index (χ3n) is 3.73. The second-order valence-electron chi connectivity index (χ2n) is 5.07. The maximum atomic E-state index is 11.5. The van der Waals surface area contributed by atoms with Gasteiger partial charge in [0.05, 0.1) is 12.2 Å². The number of aliphatic hydroxyl groups excluding tert-OH is 1. The van der Waals surface area contributed by atoms with E-state index in [4.69, 9.17) is 9.84 Å². The van der Waals surface area contributed by atoms with Crippen molar-refractivity contribution in [3.8, 4) is 0 Å². The molecule has 5 heteroatoms. The molecule has 0 aliphatic carbocycles. The SMILES string of the molecule is CCOC(=O)c1ccc(N2CCC(CCO)CC2)nc1. The molecular weight excluding hydrogens is 256 g/mol. The van der Waals surface area contributed by atoms with Crippen LogP contribution < -0.4 is 4.90 Å². The lowest BCUT2D eigenvalue weighted by Crippen LogP contribution is -2.34. The molecule has 1 fully saturated rings. The molecule has 1 saturated heterocycles. The van der Waals surface area contributed by atoms with Crippen molar-refractivity contribution in [2.24, 2.45) is 5.92 Å². The number of ether oxygens (including phenoxy) is 1. The Morgan fingerprint density at radius 1 is 1.45 bits per heavy atom. The lowest BCUT2D eigenvalue weighted by atomic mass is 9.94. The molecule has 110 valence electrons. The average molecular weight is 278 g/mol. The summed E-state index contributed by atoms with van der Waals surface area (Å²) in [5.41, 5.74) is 0.491. The van der Waals surface area contributed by atoms with E-state index < -0.39 is 0 Å². The van der Waals surface area contributed by atoms with Gasteiger partial charge in [-0.3, -0.25) is 0 Å². The van der Waals surface area contributed by atoms with Crippen molar-refractivity contribution < 1.29 is 14.6 Å². The molecule has 2 rings (SSSR count). The standard InChI is InChI=1S/C15H22N2O3/c1-2-20-15(19)13-3-4-14(16-11-13)17-8-5-12(6-9-17)7-10-18/h3-4,11-12,18H,2,5-10H2,1H3. The molecule has 5 nitrogen and oxygen atoms in total. The van der Waals surface area contributed by atoms with Crippen LogP contribution in [0.15, 0.2) is 18.3 Å². The number of esters is 1. The highest BCUT2D eigenvalue weighted by Crippen LogP contribution is 2.23. The predicted molar refractivity (Wildman–Crippen MR) is 76.8 cm³/mol. The smallest absolute Gasteiger partial charge is 0.339 e. The maximum absolute atomic E-state index is 11.5. The van der Waals surface area contributed by atoms with Crippen LogP contribution in [0, 0.1) is 5.92 Å². The van der Waals surface area contributed by atoms with Crippen molar-refractivity contribution in [3.63, 3.8) is 0 Å². The van der Waals surface area contributed by atoms with Crippen LogP contribution in [-0.2, 0) is 4.74 Å². The van der Waals surface area contributed by atoms with Crippen LogP contribution in [0.2, 0.25) is 0 Å². The zero-order chi connectivity index (χ0) is 14.4. The Balaban J connectivity index is 1.92. The number of carbonyl (C=O) groups excluding carboxylic acids is 1. The highest BCUT2D eigenvalue weighted by molar-refractivity contribution is 5.89. The first-order valence-electron chi connectivity index (χ1n) is 7.23. The monoisotopic (exact) mass is 278 g/mol. The van der Waals surface area contributed by atoms with Crippen LogP contribution in [-0.4, -0.2) is 42.4 Å². The Hall–Kier alpha value is -1.62. The number of hydrogen-bond donors (Lipinski definition) is 1. The van der Waals surface area contributed by atoms with Crippen molar-refractivity contribution in [3.05, 3.63) is 23.9 Å². The molecular formula is C15H22N2O3. The Morgan fingerprint density at radius 3 is 2.75 bits per heavy atom. The highest BCUT2D eigenvalue weighted by Gasteiger charge is 2.19. The van der Waals surface area contributed by atoms with Crippen molar-refractivity contribution in [2.45, 2.75) is 26.2 Å². The van der Waals surface area contributed by atoms with E-state index in [1.54, 1.807) is 19.2 Å². The van der Waals surface area contributed by atoms with E-state index >= 15 is 0 Å². The molecule has 0 unspecified atom stereocenters. The number of aliphatic hydroxyl groups is 1. The molecule has 20 heavy (non-hydrogen) atoms. The van der Waals surface area contributed by atoms with Crippen LogP contribution in [0.25, 0.3) is 0 Å². The number of aromatic nitrogens is 1. The molecule has 1 aliphatic rings. The number of nitrogens with zero attached hydrogens (tertiary/aromatic N) is 2. The zero-order valence-electron chi connectivity index (χ0n) is 11.9. The predicted octanol–water partition coefficient (Wildman–Crippen LogP) is 1.86. The van der Waals surface area contributed by atoms with Gasteiger partial charge in [0.15, 0.2) is 0 Å². The lowest BCUT2D eigenvalue weighted by Gasteiger charge is -2.32. The molecule has 0 amide bonds. The normalized spacial score (nSPS) is 16.2. The van der Waals surface area contributed by atoms with Crippen LogP contribution in [0.4, 0.5) is 5.82 Å². The molecule has 2 heterocycles. The summed E-state index contributed by atoms with van der Waals surface area (Å²) in [4.78, 5) is 18.1. The molecule has 0 atom stereocenters. The largest absolute Gasteiger partial charge is 0.462 e. The second-order valence-corrected chi connectivity index (χ2v) is 5.07. The van der Waals surface area contributed by atoms with Gasteiger partial charge >= 0.3 is 5.97 Å². The molecule has 0 bridgehead atoms. The first-order valence-corrected chi connectivity index (χ1v) is 7.23. The third kappa shape index (κ3) is 3.70. The van der Waals surface area contributed by atoms with Gasteiger partial charge in [-0.05, 0) is 44.2 Å². The summed E-state index contributed by atoms with van der Waals surface area (Å²) in [7, 11) is 0. The topological polar surface area (TPSA) is 62.7 Å². The van der Waals surface area contributed by atoms with Crippen molar-refractivity contribution in [1.82, 2.24) is 4.98 Å². The Morgan fingerprint density at radius 2 is 2.20 bits per heavy atom. The Labute approximate surface area is 119 Å². The maximum Gasteiger partial charge on any atom is 0.339 e. The number of carbonyl (C=O) groups is 1. The molecule has 1 aromatic rings. The van der Waals surface area contributed by atoms with Crippen molar-refractivity contribution >= 4 is 11.8 Å². The van der Waals surface area contributed by atoms with Gasteiger partial charge in [-0.15, -0.1) is 0 Å². The number of hydrogen-bond acceptors (Lipinski definition) is 5. The minimum atomic E-state index is -0.326. The second kappa shape index (κ2) is 7.24. The zero-order valence-corrected chi connectivity index (χ0v) is 11.9. The molecule has 0 radical (unpaired) electrons. The molecule has 0 aromatic carbocycles. The van der Waals surface area contributed by atoms with E-state index in [9.17, 15) is 4.79 Å². The number of rotatable bonds is 5. The fourth-order valence-corrected chi connectivity index (χ4v) is 2.54. The van der Waals surface area contributed by atoms with Crippen LogP contribution in [0.1, 0.15) is 36.5 Å².